The van der Waals surface area contributed by atoms with Gasteiger partial charge in [0.1, 0.15) is 0 Å². The normalized spacial score (nSPS) is 24.0. The van der Waals surface area contributed by atoms with Crippen LogP contribution in [0.15, 0.2) is 0 Å². The molecule has 1 rings (SSSR count). The third-order valence-electron chi connectivity index (χ3n) is 3.19. The molecular weight excluding hydrogens is 186 g/mol. The molecule has 0 amide bonds. The third kappa shape index (κ3) is 4.98. The fourth-order valence-corrected chi connectivity index (χ4v) is 2.26. The van der Waals surface area contributed by atoms with E-state index in [4.69, 9.17) is 4.74 Å². The zero-order valence-corrected chi connectivity index (χ0v) is 10.4. The number of hydrogen-bond acceptors (Lipinski definition) is 2. The Labute approximate surface area is 94.8 Å². The highest BCUT2D eigenvalue weighted by molar-refractivity contribution is 4.79. The van der Waals surface area contributed by atoms with Crippen LogP contribution in [-0.2, 0) is 4.74 Å². The van der Waals surface area contributed by atoms with Gasteiger partial charge in [0, 0.05) is 12.6 Å². The van der Waals surface area contributed by atoms with E-state index >= 15 is 0 Å². The van der Waals surface area contributed by atoms with Crippen molar-refractivity contribution >= 4 is 0 Å². The first-order valence-corrected chi connectivity index (χ1v) is 6.73. The van der Waals surface area contributed by atoms with Crippen molar-refractivity contribution < 1.29 is 4.74 Å². The Morgan fingerprint density at radius 3 is 2.73 bits per heavy atom. The predicted molar refractivity (Wildman–Crippen MR) is 65.2 cm³/mol. The summed E-state index contributed by atoms with van der Waals surface area (Å²) in [5, 5.41) is 3.65. The topological polar surface area (TPSA) is 21.3 Å². The van der Waals surface area contributed by atoms with E-state index in [0.29, 0.717) is 12.1 Å². The lowest BCUT2D eigenvalue weighted by molar-refractivity contribution is -0.00962. The van der Waals surface area contributed by atoms with Crippen LogP contribution in [0.3, 0.4) is 0 Å². The molecule has 1 fully saturated rings. The minimum absolute atomic E-state index is 0.483. The molecule has 0 bridgehead atoms. The van der Waals surface area contributed by atoms with Crippen molar-refractivity contribution in [3.63, 3.8) is 0 Å². The lowest BCUT2D eigenvalue weighted by atomic mass is 9.97. The number of nitrogens with one attached hydrogen (secondary N) is 1. The first-order chi connectivity index (χ1) is 7.38. The molecule has 1 aliphatic rings. The standard InChI is InChI=1S/C13H27NO/c1-3-5-8-12(14-10-4-2)13-9-6-7-11-15-13/h12-14H,3-11H2,1-2H3. The molecule has 0 aromatic heterocycles. The molecule has 2 unspecified atom stereocenters. The van der Waals surface area contributed by atoms with Crippen molar-refractivity contribution in [2.24, 2.45) is 0 Å². The van der Waals surface area contributed by atoms with Gasteiger partial charge in [0.15, 0.2) is 0 Å². The summed E-state index contributed by atoms with van der Waals surface area (Å²) in [6.45, 7) is 6.60. The zero-order chi connectivity index (χ0) is 10.9. The van der Waals surface area contributed by atoms with Crippen LogP contribution in [0.1, 0.15) is 58.8 Å². The quantitative estimate of drug-likeness (QED) is 0.701. The molecule has 1 heterocycles. The van der Waals surface area contributed by atoms with Crippen LogP contribution in [0, 0.1) is 0 Å². The molecule has 0 aromatic rings. The fourth-order valence-electron chi connectivity index (χ4n) is 2.26. The van der Waals surface area contributed by atoms with Crippen LogP contribution in [0.2, 0.25) is 0 Å². The summed E-state index contributed by atoms with van der Waals surface area (Å²) in [7, 11) is 0. The molecule has 0 aliphatic carbocycles. The fraction of sp³-hybridized carbons (Fsp3) is 1.00. The largest absolute Gasteiger partial charge is 0.377 e. The van der Waals surface area contributed by atoms with E-state index in [-0.39, 0.29) is 0 Å². The van der Waals surface area contributed by atoms with Gasteiger partial charge in [-0.3, -0.25) is 0 Å². The van der Waals surface area contributed by atoms with Gasteiger partial charge in [0.2, 0.25) is 0 Å². The molecule has 90 valence electrons. The van der Waals surface area contributed by atoms with Gasteiger partial charge < -0.3 is 10.1 Å². The molecule has 2 nitrogen and oxygen atoms in total. The Balaban J connectivity index is 2.30. The summed E-state index contributed by atoms with van der Waals surface area (Å²) in [6, 6.07) is 0.602. The van der Waals surface area contributed by atoms with Crippen LogP contribution < -0.4 is 5.32 Å². The number of rotatable bonds is 7. The van der Waals surface area contributed by atoms with E-state index in [9.17, 15) is 0 Å². The first-order valence-electron chi connectivity index (χ1n) is 6.73. The Morgan fingerprint density at radius 1 is 1.27 bits per heavy atom. The molecule has 1 aliphatic heterocycles. The average molecular weight is 213 g/mol. The Morgan fingerprint density at radius 2 is 2.13 bits per heavy atom. The van der Waals surface area contributed by atoms with E-state index < -0.39 is 0 Å². The van der Waals surface area contributed by atoms with Gasteiger partial charge in [0.05, 0.1) is 6.10 Å². The van der Waals surface area contributed by atoms with Crippen LogP contribution in [0.25, 0.3) is 0 Å². The Hall–Kier alpha value is -0.0800. The monoisotopic (exact) mass is 213 g/mol. The third-order valence-corrected chi connectivity index (χ3v) is 3.19. The summed E-state index contributed by atoms with van der Waals surface area (Å²) in [6.07, 6.45) is 9.45. The smallest absolute Gasteiger partial charge is 0.0728 e. The van der Waals surface area contributed by atoms with Crippen molar-refractivity contribution in [3.05, 3.63) is 0 Å². The summed E-state index contributed by atoms with van der Waals surface area (Å²) in [5.41, 5.74) is 0. The van der Waals surface area contributed by atoms with E-state index in [2.05, 4.69) is 19.2 Å². The van der Waals surface area contributed by atoms with E-state index in [1.54, 1.807) is 0 Å². The number of unbranched alkanes of at least 4 members (excludes halogenated alkanes) is 1. The predicted octanol–water partition coefficient (Wildman–Crippen LogP) is 3.11. The van der Waals surface area contributed by atoms with E-state index in [1.165, 1.54) is 44.9 Å². The second-order valence-electron chi connectivity index (χ2n) is 4.61. The molecule has 0 aromatic carbocycles. The van der Waals surface area contributed by atoms with Gasteiger partial charge in [-0.1, -0.05) is 26.7 Å². The summed E-state index contributed by atoms with van der Waals surface area (Å²) in [5.74, 6) is 0. The van der Waals surface area contributed by atoms with Gasteiger partial charge in [-0.2, -0.15) is 0 Å². The summed E-state index contributed by atoms with van der Waals surface area (Å²) in [4.78, 5) is 0. The highest BCUT2D eigenvalue weighted by Crippen LogP contribution is 2.19. The Kier molecular flexibility index (Phi) is 7.03. The Bertz CT molecular complexity index is 135. The maximum atomic E-state index is 5.87. The van der Waals surface area contributed by atoms with Gasteiger partial charge in [0.25, 0.3) is 0 Å². The van der Waals surface area contributed by atoms with Crippen molar-refractivity contribution in [3.8, 4) is 0 Å². The molecule has 2 atom stereocenters. The molecule has 0 spiro atoms. The van der Waals surface area contributed by atoms with E-state index in [1.807, 2.05) is 0 Å². The van der Waals surface area contributed by atoms with Crippen LogP contribution in [0.5, 0.6) is 0 Å². The second kappa shape index (κ2) is 8.12. The minimum Gasteiger partial charge on any atom is -0.377 e. The lowest BCUT2D eigenvalue weighted by Gasteiger charge is -2.31. The van der Waals surface area contributed by atoms with Crippen LogP contribution >= 0.6 is 0 Å². The van der Waals surface area contributed by atoms with Crippen LogP contribution in [0.4, 0.5) is 0 Å². The van der Waals surface area contributed by atoms with Crippen molar-refractivity contribution in [2.75, 3.05) is 13.2 Å². The molecule has 0 radical (unpaired) electrons. The zero-order valence-electron chi connectivity index (χ0n) is 10.4. The average Bonchev–Trinajstić information content (AvgIpc) is 2.30. The lowest BCUT2D eigenvalue weighted by Crippen LogP contribution is -2.43. The van der Waals surface area contributed by atoms with Gasteiger partial charge in [-0.25, -0.2) is 0 Å². The highest BCUT2D eigenvalue weighted by atomic mass is 16.5. The van der Waals surface area contributed by atoms with Gasteiger partial charge >= 0.3 is 0 Å². The first kappa shape index (κ1) is 13.0. The number of ether oxygens (including phenoxy) is 1. The molecule has 2 heteroatoms. The molecule has 1 N–H and O–H groups in total. The summed E-state index contributed by atoms with van der Waals surface area (Å²) < 4.78 is 5.87. The molecule has 15 heavy (non-hydrogen) atoms. The van der Waals surface area contributed by atoms with Crippen molar-refractivity contribution in [2.45, 2.75) is 70.9 Å². The molecule has 1 saturated heterocycles. The molecule has 0 saturated carbocycles. The SMILES string of the molecule is CCCCC(NCCC)C1CCCCO1. The van der Waals surface area contributed by atoms with E-state index in [0.717, 1.165) is 13.2 Å². The molecular formula is C13H27NO. The van der Waals surface area contributed by atoms with Crippen molar-refractivity contribution in [1.29, 1.82) is 0 Å². The van der Waals surface area contributed by atoms with Crippen molar-refractivity contribution in [1.82, 2.24) is 5.32 Å². The van der Waals surface area contributed by atoms with Crippen LogP contribution in [-0.4, -0.2) is 25.3 Å². The second-order valence-corrected chi connectivity index (χ2v) is 4.61. The highest BCUT2D eigenvalue weighted by Gasteiger charge is 2.23. The van der Waals surface area contributed by atoms with Gasteiger partial charge in [-0.15, -0.1) is 0 Å². The maximum Gasteiger partial charge on any atom is 0.0728 e. The maximum absolute atomic E-state index is 5.87. The summed E-state index contributed by atoms with van der Waals surface area (Å²) >= 11 is 0. The van der Waals surface area contributed by atoms with Gasteiger partial charge in [-0.05, 0) is 38.6 Å². The minimum atomic E-state index is 0.483. The number of hydrogen-bond donors (Lipinski definition) is 1.